The van der Waals surface area contributed by atoms with Gasteiger partial charge in [-0.1, -0.05) is 0 Å². The van der Waals surface area contributed by atoms with E-state index < -0.39 is 29.9 Å². The predicted molar refractivity (Wildman–Crippen MR) is 97.9 cm³/mol. The minimum atomic E-state index is -4.56. The van der Waals surface area contributed by atoms with Crippen LogP contribution in [0.2, 0.25) is 0 Å². The summed E-state index contributed by atoms with van der Waals surface area (Å²) in [4.78, 5) is 20.9. The van der Waals surface area contributed by atoms with Gasteiger partial charge >= 0.3 is 6.18 Å². The van der Waals surface area contributed by atoms with Crippen LogP contribution in [0.1, 0.15) is 34.6 Å². The molecule has 1 amide bonds. The SMILES string of the molecule is Cc1cc(-c2cc(F)cc(C#N)c2)nc2c(C(=O)NC(C3CC3)C(F)(F)F)ncn12. The van der Waals surface area contributed by atoms with E-state index in [-0.39, 0.29) is 22.6 Å². The molecule has 1 aromatic carbocycles. The number of imidazole rings is 1. The van der Waals surface area contributed by atoms with Gasteiger partial charge in [0.25, 0.3) is 5.91 Å². The van der Waals surface area contributed by atoms with Gasteiger partial charge in [-0.2, -0.15) is 18.4 Å². The zero-order valence-corrected chi connectivity index (χ0v) is 15.7. The highest BCUT2D eigenvalue weighted by Gasteiger charge is 2.50. The number of nitrogens with zero attached hydrogens (tertiary/aromatic N) is 4. The number of hydrogen-bond acceptors (Lipinski definition) is 4. The lowest BCUT2D eigenvalue weighted by Gasteiger charge is -2.20. The van der Waals surface area contributed by atoms with Crippen LogP contribution in [-0.2, 0) is 0 Å². The maximum Gasteiger partial charge on any atom is 0.408 e. The molecule has 0 radical (unpaired) electrons. The first-order chi connectivity index (χ1) is 14.2. The number of carbonyl (C=O) groups is 1. The van der Waals surface area contributed by atoms with Crippen LogP contribution in [0.4, 0.5) is 17.6 Å². The summed E-state index contributed by atoms with van der Waals surface area (Å²) in [5.74, 6) is -2.25. The van der Waals surface area contributed by atoms with E-state index in [0.717, 1.165) is 6.07 Å². The quantitative estimate of drug-likeness (QED) is 0.655. The van der Waals surface area contributed by atoms with Gasteiger partial charge in [0.1, 0.15) is 18.2 Å². The lowest BCUT2D eigenvalue weighted by molar-refractivity contribution is -0.158. The van der Waals surface area contributed by atoms with Crippen molar-refractivity contribution in [3.8, 4) is 17.3 Å². The molecule has 30 heavy (non-hydrogen) atoms. The molecule has 1 aliphatic carbocycles. The molecule has 1 N–H and O–H groups in total. The number of nitrogens with one attached hydrogen (secondary N) is 1. The number of nitriles is 1. The molecular formula is C20H15F4N5O. The Morgan fingerprint density at radius 2 is 2.03 bits per heavy atom. The molecule has 1 saturated carbocycles. The van der Waals surface area contributed by atoms with E-state index in [2.05, 4.69) is 9.97 Å². The number of rotatable bonds is 4. The molecule has 10 heteroatoms. The van der Waals surface area contributed by atoms with Gasteiger partial charge in [-0.05, 0) is 49.9 Å². The zero-order chi connectivity index (χ0) is 21.6. The summed E-state index contributed by atoms with van der Waals surface area (Å²) in [6.07, 6.45) is -2.47. The van der Waals surface area contributed by atoms with Crippen molar-refractivity contribution < 1.29 is 22.4 Å². The second-order valence-corrected chi connectivity index (χ2v) is 7.24. The van der Waals surface area contributed by atoms with Crippen molar-refractivity contribution in [3.05, 3.63) is 53.4 Å². The fourth-order valence-electron chi connectivity index (χ4n) is 3.34. The topological polar surface area (TPSA) is 83.1 Å². The normalized spacial score (nSPS) is 15.1. The van der Waals surface area contributed by atoms with E-state index in [4.69, 9.17) is 5.26 Å². The predicted octanol–water partition coefficient (Wildman–Crippen LogP) is 3.79. The van der Waals surface area contributed by atoms with Crippen LogP contribution in [0.15, 0.2) is 30.6 Å². The van der Waals surface area contributed by atoms with Crippen molar-refractivity contribution in [2.45, 2.75) is 32.0 Å². The fourth-order valence-corrected chi connectivity index (χ4v) is 3.34. The molecule has 0 saturated heterocycles. The summed E-state index contributed by atoms with van der Waals surface area (Å²) in [6.45, 7) is 1.69. The van der Waals surface area contributed by atoms with Crippen molar-refractivity contribution in [1.29, 1.82) is 5.26 Å². The summed E-state index contributed by atoms with van der Waals surface area (Å²) < 4.78 is 55.1. The van der Waals surface area contributed by atoms with Gasteiger partial charge in [-0.15, -0.1) is 0 Å². The number of aromatic nitrogens is 3. The van der Waals surface area contributed by atoms with E-state index >= 15 is 0 Å². The monoisotopic (exact) mass is 417 g/mol. The molecular weight excluding hydrogens is 402 g/mol. The highest BCUT2D eigenvalue weighted by atomic mass is 19.4. The van der Waals surface area contributed by atoms with Gasteiger partial charge in [0.05, 0.1) is 17.3 Å². The van der Waals surface area contributed by atoms with Crippen molar-refractivity contribution in [3.63, 3.8) is 0 Å². The van der Waals surface area contributed by atoms with Crippen LogP contribution in [0.3, 0.4) is 0 Å². The van der Waals surface area contributed by atoms with Crippen LogP contribution in [0.5, 0.6) is 0 Å². The van der Waals surface area contributed by atoms with Crippen LogP contribution >= 0.6 is 0 Å². The Balaban J connectivity index is 1.75. The average Bonchev–Trinajstić information content (AvgIpc) is 3.42. The van der Waals surface area contributed by atoms with Gasteiger partial charge in [0.15, 0.2) is 11.3 Å². The summed E-state index contributed by atoms with van der Waals surface area (Å²) in [5, 5.41) is 11.1. The molecule has 2 aromatic heterocycles. The lowest BCUT2D eigenvalue weighted by atomic mass is 10.1. The molecule has 1 unspecified atom stereocenters. The molecule has 0 aliphatic heterocycles. The summed E-state index contributed by atoms with van der Waals surface area (Å²) >= 11 is 0. The maximum absolute atomic E-state index is 13.8. The molecule has 4 rings (SSSR count). The highest BCUT2D eigenvalue weighted by molar-refractivity contribution is 5.98. The van der Waals surface area contributed by atoms with Gasteiger partial charge < -0.3 is 5.32 Å². The second-order valence-electron chi connectivity index (χ2n) is 7.24. The standard InChI is InChI=1S/C20H15F4N5O/c1-10-4-15(13-5-11(8-25)6-14(21)7-13)27-18-16(26-9-29(10)18)19(30)28-17(12-2-3-12)20(22,23)24/h4-7,9,12,17H,2-3H2,1H3,(H,28,30). The maximum atomic E-state index is 13.8. The van der Waals surface area contributed by atoms with Gasteiger partial charge in [0, 0.05) is 11.3 Å². The van der Waals surface area contributed by atoms with Gasteiger partial charge in [-0.3, -0.25) is 9.20 Å². The second kappa shape index (κ2) is 7.09. The third-order valence-corrected chi connectivity index (χ3v) is 4.96. The molecule has 6 nitrogen and oxygen atoms in total. The molecule has 3 aromatic rings. The van der Waals surface area contributed by atoms with Gasteiger partial charge in [0.2, 0.25) is 0 Å². The van der Waals surface area contributed by atoms with Crippen molar-refractivity contribution in [1.82, 2.24) is 19.7 Å². The Bertz CT molecular complexity index is 1190. The van der Waals surface area contributed by atoms with Crippen molar-refractivity contribution >= 4 is 11.6 Å². The first-order valence-electron chi connectivity index (χ1n) is 9.10. The van der Waals surface area contributed by atoms with Crippen LogP contribution < -0.4 is 5.32 Å². The first-order valence-corrected chi connectivity index (χ1v) is 9.10. The summed E-state index contributed by atoms with van der Waals surface area (Å²) in [5.41, 5.74) is 1.02. The number of aryl methyl sites for hydroxylation is 1. The molecule has 154 valence electrons. The largest absolute Gasteiger partial charge is 0.408 e. The van der Waals surface area contributed by atoms with E-state index in [1.54, 1.807) is 13.0 Å². The number of amides is 1. The highest BCUT2D eigenvalue weighted by Crippen LogP contribution is 2.40. The molecule has 2 heterocycles. The number of halogens is 4. The number of hydrogen-bond donors (Lipinski definition) is 1. The van der Waals surface area contributed by atoms with Crippen molar-refractivity contribution in [2.24, 2.45) is 5.92 Å². The first kappa shape index (κ1) is 19.8. The fraction of sp³-hybridized carbons (Fsp3) is 0.300. The molecule has 1 atom stereocenters. The van der Waals surface area contributed by atoms with Crippen molar-refractivity contribution in [2.75, 3.05) is 0 Å². The Kier molecular flexibility index (Phi) is 4.68. The Morgan fingerprint density at radius 1 is 1.30 bits per heavy atom. The molecule has 0 spiro atoms. The van der Waals surface area contributed by atoms with E-state index in [1.807, 2.05) is 11.4 Å². The zero-order valence-electron chi connectivity index (χ0n) is 15.7. The molecule has 1 fully saturated rings. The van der Waals surface area contributed by atoms with Gasteiger partial charge in [-0.25, -0.2) is 14.4 Å². The average molecular weight is 417 g/mol. The van der Waals surface area contributed by atoms with Crippen LogP contribution in [-0.4, -0.2) is 32.5 Å². The lowest BCUT2D eigenvalue weighted by Crippen LogP contribution is -2.47. The minimum absolute atomic E-state index is 0.0435. The molecule has 1 aliphatic rings. The van der Waals surface area contributed by atoms with Crippen LogP contribution in [0.25, 0.3) is 16.9 Å². The molecule has 0 bridgehead atoms. The Morgan fingerprint density at radius 3 is 2.67 bits per heavy atom. The minimum Gasteiger partial charge on any atom is -0.339 e. The number of carbonyl (C=O) groups excluding carboxylic acids is 1. The smallest absolute Gasteiger partial charge is 0.339 e. The van der Waals surface area contributed by atoms with E-state index in [1.165, 1.54) is 22.9 Å². The third kappa shape index (κ3) is 3.70. The number of alkyl halides is 3. The van der Waals surface area contributed by atoms with Crippen LogP contribution in [0, 0.1) is 30.0 Å². The number of fused-ring (bicyclic) bond motifs is 1. The third-order valence-electron chi connectivity index (χ3n) is 4.96. The number of benzene rings is 1. The van der Waals surface area contributed by atoms with E-state index in [9.17, 15) is 22.4 Å². The Hall–Kier alpha value is -3.48. The van der Waals surface area contributed by atoms with E-state index in [0.29, 0.717) is 24.1 Å². The Labute approximate surface area is 168 Å². The summed E-state index contributed by atoms with van der Waals surface area (Å²) in [7, 11) is 0. The summed E-state index contributed by atoms with van der Waals surface area (Å²) in [6, 6.07) is 5.21.